The van der Waals surface area contributed by atoms with E-state index < -0.39 is 18.6 Å². The van der Waals surface area contributed by atoms with Crippen molar-refractivity contribution in [3.63, 3.8) is 0 Å². The van der Waals surface area contributed by atoms with E-state index >= 15 is 0 Å². The van der Waals surface area contributed by atoms with E-state index in [4.69, 9.17) is 8.85 Å². The Labute approximate surface area is 166 Å². The van der Waals surface area contributed by atoms with Gasteiger partial charge in [-0.3, -0.25) is 0 Å². The highest BCUT2D eigenvalue weighted by Crippen LogP contribution is 2.54. The first-order valence-corrected chi connectivity index (χ1v) is 9.93. The molecular weight excluding hydrogens is 340 g/mol. The third-order valence-corrected chi connectivity index (χ3v) is 6.08. The van der Waals surface area contributed by atoms with Gasteiger partial charge in [-0.2, -0.15) is 0 Å². The number of aryl methyl sites for hydroxylation is 1. The van der Waals surface area contributed by atoms with Crippen LogP contribution in [0.25, 0.3) is 0 Å². The third-order valence-electron chi connectivity index (χ3n) is 6.08. The van der Waals surface area contributed by atoms with Crippen LogP contribution >= 0.6 is 0 Å². The summed E-state index contributed by atoms with van der Waals surface area (Å²) in [7, 11) is -2.87. The molecule has 1 heterocycles. The van der Waals surface area contributed by atoms with Crippen molar-refractivity contribution in [2.45, 2.75) is 77.7 Å². The molecule has 2 unspecified atom stereocenters. The first-order valence-electron chi connectivity index (χ1n) is 11.4. The van der Waals surface area contributed by atoms with Crippen LogP contribution in [0, 0.1) is 5.92 Å². The van der Waals surface area contributed by atoms with E-state index in [9.17, 15) is 9.90 Å². The summed E-state index contributed by atoms with van der Waals surface area (Å²) in [5.74, 6) is -0.593. The second kappa shape index (κ2) is 7.57. The zero-order chi connectivity index (χ0) is 22.3. The summed E-state index contributed by atoms with van der Waals surface area (Å²) in [6, 6.07) is 1.80. The molecule has 3 rings (SSSR count). The van der Waals surface area contributed by atoms with Crippen LogP contribution in [0.2, 0.25) is 0 Å². The molecule has 0 spiro atoms. The average Bonchev–Trinajstić information content (AvgIpc) is 2.59. The summed E-state index contributed by atoms with van der Waals surface area (Å²) in [5, 5.41) is 11.2. The molecule has 2 atom stereocenters. The smallest absolute Gasteiger partial charge is 0.341 e. The van der Waals surface area contributed by atoms with Gasteiger partial charge in [0.2, 0.25) is 0 Å². The van der Waals surface area contributed by atoms with Crippen LogP contribution in [0.15, 0.2) is 17.7 Å². The molecule has 4 nitrogen and oxygen atoms in total. The molecule has 0 aromatic heterocycles. The van der Waals surface area contributed by atoms with Crippen LogP contribution in [0.5, 0.6) is 11.5 Å². The number of esters is 1. The Morgan fingerprint density at radius 3 is 2.93 bits per heavy atom. The third kappa shape index (κ3) is 3.59. The van der Waals surface area contributed by atoms with E-state index in [1.54, 1.807) is 6.07 Å². The van der Waals surface area contributed by atoms with Gasteiger partial charge in [0, 0.05) is 17.4 Å². The van der Waals surface area contributed by atoms with Gasteiger partial charge in [-0.1, -0.05) is 31.4 Å². The molecule has 1 aromatic rings. The number of phenolic OH excluding ortho intramolecular Hbond substituents is 1. The fourth-order valence-electron chi connectivity index (χ4n) is 4.65. The summed E-state index contributed by atoms with van der Waals surface area (Å²) in [4.78, 5) is 12.8. The van der Waals surface area contributed by atoms with Crippen molar-refractivity contribution in [2.75, 3.05) is 7.04 Å². The van der Waals surface area contributed by atoms with Crippen molar-refractivity contribution in [1.82, 2.24) is 0 Å². The Morgan fingerprint density at radius 1 is 1.44 bits per heavy atom. The molecule has 0 saturated carbocycles. The second-order valence-corrected chi connectivity index (χ2v) is 8.41. The molecule has 148 valence electrons. The SMILES string of the molecule is [2H]C([2H])([2H])OC(=O)c1c(CCCCC)cc2c(c1O)C1C=C(C)CCC1C(C)(C)O2. The zero-order valence-electron chi connectivity index (χ0n) is 19.7. The number of aromatic hydroxyl groups is 1. The van der Waals surface area contributed by atoms with Gasteiger partial charge in [-0.15, -0.1) is 0 Å². The highest BCUT2D eigenvalue weighted by atomic mass is 16.5. The Kier molecular flexibility index (Phi) is 4.49. The van der Waals surface area contributed by atoms with E-state index in [0.29, 0.717) is 23.3 Å². The van der Waals surface area contributed by atoms with Gasteiger partial charge in [0.25, 0.3) is 0 Å². The van der Waals surface area contributed by atoms with Gasteiger partial charge in [0.05, 0.1) is 11.2 Å². The number of ether oxygens (including phenoxy) is 2. The number of phenols is 1. The minimum Gasteiger partial charge on any atom is -0.507 e. The molecule has 4 heteroatoms. The molecule has 0 saturated heterocycles. The lowest BCUT2D eigenvalue weighted by Crippen LogP contribution is -2.45. The van der Waals surface area contributed by atoms with Gasteiger partial charge in [0.15, 0.2) is 0 Å². The number of fused-ring (bicyclic) bond motifs is 3. The van der Waals surface area contributed by atoms with Crippen LogP contribution < -0.4 is 4.74 Å². The second-order valence-electron chi connectivity index (χ2n) is 8.41. The first kappa shape index (κ1) is 16.0. The number of unbranched alkanes of at least 4 members (excludes halogenated alkanes) is 2. The standard InChI is InChI=1S/C23H32O4/c1-6-7-8-9-15-13-18-20(21(24)19(15)22(25)26-5)16-12-14(2)10-11-17(16)23(3,4)27-18/h12-13,16-17,24H,6-11H2,1-5H3/i5D3. The lowest BCUT2D eigenvalue weighted by molar-refractivity contribution is 0.0106. The van der Waals surface area contributed by atoms with Gasteiger partial charge < -0.3 is 14.6 Å². The summed E-state index contributed by atoms with van der Waals surface area (Å²) in [5.41, 5.74) is 1.91. The highest BCUT2D eigenvalue weighted by Gasteiger charge is 2.46. The Morgan fingerprint density at radius 2 is 2.22 bits per heavy atom. The Bertz CT molecular complexity index is 855. The monoisotopic (exact) mass is 375 g/mol. The lowest BCUT2D eigenvalue weighted by Gasteiger charge is -2.46. The van der Waals surface area contributed by atoms with E-state index in [-0.39, 0.29) is 23.1 Å². The van der Waals surface area contributed by atoms with Crippen molar-refractivity contribution < 1.29 is 23.5 Å². The summed E-state index contributed by atoms with van der Waals surface area (Å²) in [6.07, 6.45) is 7.35. The summed E-state index contributed by atoms with van der Waals surface area (Å²) >= 11 is 0. The highest BCUT2D eigenvalue weighted by molar-refractivity contribution is 5.95. The van der Waals surface area contributed by atoms with E-state index in [2.05, 4.69) is 38.5 Å². The summed E-state index contributed by atoms with van der Waals surface area (Å²) in [6.45, 7) is 8.27. The number of benzene rings is 1. The molecule has 0 fully saturated rings. The Balaban J connectivity index is 2.16. The van der Waals surface area contributed by atoms with Crippen molar-refractivity contribution >= 4 is 5.97 Å². The fourth-order valence-corrected chi connectivity index (χ4v) is 4.65. The van der Waals surface area contributed by atoms with Crippen molar-refractivity contribution in [1.29, 1.82) is 0 Å². The topological polar surface area (TPSA) is 55.8 Å². The molecule has 0 bridgehead atoms. The number of hydrogen-bond donors (Lipinski definition) is 1. The van der Waals surface area contributed by atoms with Crippen LogP contribution in [0.3, 0.4) is 0 Å². The number of rotatable bonds is 5. The fraction of sp³-hybridized carbons (Fsp3) is 0.609. The summed E-state index contributed by atoms with van der Waals surface area (Å²) < 4.78 is 32.9. The number of carbonyl (C=O) groups excluding carboxylic acids is 1. The van der Waals surface area contributed by atoms with E-state index in [0.717, 1.165) is 32.1 Å². The minimum atomic E-state index is -2.87. The number of allylic oxidation sites excluding steroid dienone is 2. The molecule has 1 aliphatic heterocycles. The number of hydrogen-bond acceptors (Lipinski definition) is 4. The van der Waals surface area contributed by atoms with Crippen molar-refractivity contribution in [3.05, 3.63) is 34.4 Å². The normalized spacial score (nSPS) is 25.0. The minimum absolute atomic E-state index is 0.0420. The molecule has 1 aromatic carbocycles. The van der Waals surface area contributed by atoms with Gasteiger partial charge >= 0.3 is 5.97 Å². The maximum absolute atomic E-state index is 12.8. The van der Waals surface area contributed by atoms with E-state index in [1.807, 2.05) is 0 Å². The number of carbonyl (C=O) groups is 1. The van der Waals surface area contributed by atoms with E-state index in [1.165, 1.54) is 5.57 Å². The quantitative estimate of drug-likeness (QED) is 0.418. The molecule has 27 heavy (non-hydrogen) atoms. The molecule has 0 radical (unpaired) electrons. The zero-order valence-corrected chi connectivity index (χ0v) is 16.7. The molecule has 0 amide bonds. The maximum atomic E-state index is 12.8. The van der Waals surface area contributed by atoms with Crippen LogP contribution in [0.1, 0.15) is 91.3 Å². The van der Waals surface area contributed by atoms with Crippen molar-refractivity contribution in [3.8, 4) is 11.5 Å². The molecule has 1 N–H and O–H groups in total. The largest absolute Gasteiger partial charge is 0.507 e. The molecule has 1 aliphatic carbocycles. The predicted octanol–water partition coefficient (Wildman–Crippen LogP) is 5.52. The van der Waals surface area contributed by atoms with Gasteiger partial charge in [-0.05, 0) is 58.1 Å². The van der Waals surface area contributed by atoms with Crippen molar-refractivity contribution in [2.24, 2.45) is 5.92 Å². The van der Waals surface area contributed by atoms with Gasteiger partial charge in [0.1, 0.15) is 22.7 Å². The van der Waals surface area contributed by atoms with Crippen LogP contribution in [-0.2, 0) is 11.2 Å². The maximum Gasteiger partial charge on any atom is 0.341 e. The average molecular weight is 376 g/mol. The number of methoxy groups -OCH3 is 1. The van der Waals surface area contributed by atoms with Crippen LogP contribution in [-0.4, -0.2) is 23.7 Å². The molecule has 2 aliphatic rings. The van der Waals surface area contributed by atoms with Crippen LogP contribution in [0.4, 0.5) is 0 Å². The Hall–Kier alpha value is -1.97. The first-order chi connectivity index (χ1) is 13.9. The van der Waals surface area contributed by atoms with Gasteiger partial charge in [-0.25, -0.2) is 4.79 Å². The predicted molar refractivity (Wildman–Crippen MR) is 107 cm³/mol. The molecular formula is C23H32O4. The lowest BCUT2D eigenvalue weighted by atomic mass is 9.67.